The third-order valence-electron chi connectivity index (χ3n) is 8.46. The van der Waals surface area contributed by atoms with Crippen molar-refractivity contribution in [1.29, 1.82) is 5.26 Å². The van der Waals surface area contributed by atoms with Crippen LogP contribution in [0.3, 0.4) is 0 Å². The van der Waals surface area contributed by atoms with Gasteiger partial charge in [-0.25, -0.2) is 0 Å². The number of dihydropyridines is 1. The van der Waals surface area contributed by atoms with Gasteiger partial charge in [-0.15, -0.1) is 0 Å². The van der Waals surface area contributed by atoms with Crippen LogP contribution < -0.4 is 10.6 Å². The smallest absolute Gasteiger partial charge is 0.274 e. The van der Waals surface area contributed by atoms with Crippen molar-refractivity contribution in [2.24, 2.45) is 5.92 Å². The molecule has 2 fully saturated rings. The second-order valence-electron chi connectivity index (χ2n) is 10.9. The molecule has 5 rings (SSSR count). The summed E-state index contributed by atoms with van der Waals surface area (Å²) < 4.78 is 2.14. The third kappa shape index (κ3) is 5.74. The molecule has 1 atom stereocenters. The van der Waals surface area contributed by atoms with Crippen LogP contribution in [0, 0.1) is 17.2 Å². The van der Waals surface area contributed by atoms with Gasteiger partial charge in [-0.2, -0.15) is 10.4 Å². The summed E-state index contributed by atoms with van der Waals surface area (Å²) >= 11 is 0. The zero-order valence-electron chi connectivity index (χ0n) is 21.9. The Labute approximate surface area is 219 Å². The van der Waals surface area contributed by atoms with Crippen molar-refractivity contribution in [3.63, 3.8) is 0 Å². The number of hydrogen-bond acceptors (Lipinski definition) is 6. The number of hydrogen-bond donors (Lipinski definition) is 2. The Kier molecular flexibility index (Phi) is 7.94. The molecule has 2 saturated heterocycles. The lowest BCUT2D eigenvalue weighted by atomic mass is 9.92. The second-order valence-corrected chi connectivity index (χ2v) is 10.9. The number of carbonyl (C=O) groups is 2. The molecule has 198 valence electrons. The number of rotatable bonds is 6. The molecule has 0 saturated carbocycles. The van der Waals surface area contributed by atoms with Gasteiger partial charge in [0.2, 0.25) is 5.91 Å². The maximum atomic E-state index is 13.5. The van der Waals surface area contributed by atoms with E-state index in [1.54, 1.807) is 6.92 Å². The average Bonchev–Trinajstić information content (AvgIpc) is 3.30. The Balaban J connectivity index is 1.18. The Morgan fingerprint density at radius 3 is 2.62 bits per heavy atom. The SMILES string of the molecule is CC(=O)NC1CCN(C(=O)c2nn(CCC3CCN(C4NC=CC=C4C#N)CC3)c3c2CCCC3)CC1. The average molecular weight is 506 g/mol. The zero-order valence-corrected chi connectivity index (χ0v) is 21.9. The summed E-state index contributed by atoms with van der Waals surface area (Å²) in [6, 6.07) is 2.49. The molecule has 9 nitrogen and oxygen atoms in total. The summed E-state index contributed by atoms with van der Waals surface area (Å²) in [7, 11) is 0. The van der Waals surface area contributed by atoms with E-state index in [4.69, 9.17) is 5.10 Å². The molecule has 1 aliphatic carbocycles. The highest BCUT2D eigenvalue weighted by atomic mass is 16.2. The van der Waals surface area contributed by atoms with Crippen molar-refractivity contribution in [3.05, 3.63) is 40.9 Å². The van der Waals surface area contributed by atoms with Crippen molar-refractivity contribution >= 4 is 11.8 Å². The largest absolute Gasteiger partial charge is 0.371 e. The Morgan fingerprint density at radius 1 is 1.14 bits per heavy atom. The minimum atomic E-state index is -0.00837. The van der Waals surface area contributed by atoms with Crippen molar-refractivity contribution in [2.45, 2.75) is 83.5 Å². The van der Waals surface area contributed by atoms with E-state index in [2.05, 4.69) is 26.3 Å². The Bertz CT molecular complexity index is 1100. The number of likely N-dealkylation sites (tertiary alicyclic amines) is 2. The van der Waals surface area contributed by atoms with E-state index in [1.807, 2.05) is 23.3 Å². The van der Waals surface area contributed by atoms with Crippen LogP contribution in [-0.2, 0) is 24.2 Å². The van der Waals surface area contributed by atoms with Gasteiger partial charge in [0, 0.05) is 56.9 Å². The first kappa shape index (κ1) is 25.5. The van der Waals surface area contributed by atoms with Gasteiger partial charge >= 0.3 is 0 Å². The predicted octanol–water partition coefficient (Wildman–Crippen LogP) is 2.50. The number of carbonyl (C=O) groups excluding carboxylic acids is 2. The molecule has 4 aliphatic rings. The molecule has 0 spiro atoms. The minimum Gasteiger partial charge on any atom is -0.371 e. The number of piperidine rings is 2. The molecular weight excluding hydrogens is 466 g/mol. The molecule has 0 radical (unpaired) electrons. The Morgan fingerprint density at radius 2 is 1.89 bits per heavy atom. The second kappa shape index (κ2) is 11.5. The van der Waals surface area contributed by atoms with Crippen LogP contribution in [0.25, 0.3) is 0 Å². The maximum Gasteiger partial charge on any atom is 0.274 e. The monoisotopic (exact) mass is 505 g/mol. The lowest BCUT2D eigenvalue weighted by Gasteiger charge is -2.38. The fraction of sp³-hybridized carbons (Fsp3) is 0.643. The van der Waals surface area contributed by atoms with E-state index in [9.17, 15) is 14.9 Å². The molecule has 37 heavy (non-hydrogen) atoms. The molecule has 3 aliphatic heterocycles. The molecule has 0 bridgehead atoms. The van der Waals surface area contributed by atoms with Crippen molar-refractivity contribution in [1.82, 2.24) is 30.2 Å². The summed E-state index contributed by atoms with van der Waals surface area (Å²) in [5, 5.41) is 20.7. The predicted molar refractivity (Wildman–Crippen MR) is 140 cm³/mol. The number of nitrogens with one attached hydrogen (secondary N) is 2. The number of fused-ring (bicyclic) bond motifs is 1. The van der Waals surface area contributed by atoms with Gasteiger partial charge in [0.05, 0.1) is 11.6 Å². The molecule has 1 aromatic heterocycles. The van der Waals surface area contributed by atoms with Crippen LogP contribution in [0.5, 0.6) is 0 Å². The normalized spacial score (nSPS) is 23.1. The fourth-order valence-electron chi connectivity index (χ4n) is 6.38. The molecule has 1 aromatic rings. The first-order valence-corrected chi connectivity index (χ1v) is 14.0. The van der Waals surface area contributed by atoms with Gasteiger partial charge in [0.25, 0.3) is 5.91 Å². The topological polar surface area (TPSA) is 106 Å². The summed E-state index contributed by atoms with van der Waals surface area (Å²) in [5.41, 5.74) is 3.87. The van der Waals surface area contributed by atoms with Crippen molar-refractivity contribution < 1.29 is 9.59 Å². The summed E-state index contributed by atoms with van der Waals surface area (Å²) in [6.07, 6.45) is 14.8. The highest BCUT2D eigenvalue weighted by molar-refractivity contribution is 5.94. The van der Waals surface area contributed by atoms with Crippen LogP contribution in [0.1, 0.15) is 73.6 Å². The van der Waals surface area contributed by atoms with Gasteiger partial charge < -0.3 is 15.5 Å². The fourth-order valence-corrected chi connectivity index (χ4v) is 6.38. The van der Waals surface area contributed by atoms with Crippen LogP contribution >= 0.6 is 0 Å². The van der Waals surface area contributed by atoms with Crippen LogP contribution in [-0.4, -0.2) is 69.8 Å². The number of aromatic nitrogens is 2. The van der Waals surface area contributed by atoms with Crippen LogP contribution in [0.15, 0.2) is 23.9 Å². The van der Waals surface area contributed by atoms with Crippen molar-refractivity contribution in [2.75, 3.05) is 26.2 Å². The summed E-state index contributed by atoms with van der Waals surface area (Å²) in [4.78, 5) is 29.1. The van der Waals surface area contributed by atoms with Gasteiger partial charge in [-0.3, -0.25) is 19.2 Å². The van der Waals surface area contributed by atoms with E-state index in [-0.39, 0.29) is 24.0 Å². The first-order valence-electron chi connectivity index (χ1n) is 14.0. The highest BCUT2D eigenvalue weighted by Crippen LogP contribution is 2.29. The highest BCUT2D eigenvalue weighted by Gasteiger charge is 2.31. The van der Waals surface area contributed by atoms with Gasteiger partial charge in [0.15, 0.2) is 5.69 Å². The van der Waals surface area contributed by atoms with E-state index in [1.165, 1.54) is 11.3 Å². The van der Waals surface area contributed by atoms with Gasteiger partial charge in [-0.05, 0) is 82.1 Å². The zero-order chi connectivity index (χ0) is 25.8. The molecule has 1 unspecified atom stereocenters. The molecule has 2 N–H and O–H groups in total. The van der Waals surface area contributed by atoms with E-state index < -0.39 is 0 Å². The summed E-state index contributed by atoms with van der Waals surface area (Å²) in [6.45, 7) is 5.69. The van der Waals surface area contributed by atoms with E-state index in [0.29, 0.717) is 24.7 Å². The number of aryl methyl sites for hydroxylation is 1. The lowest BCUT2D eigenvalue weighted by molar-refractivity contribution is -0.119. The van der Waals surface area contributed by atoms with Crippen LogP contribution in [0.4, 0.5) is 0 Å². The quantitative estimate of drug-likeness (QED) is 0.615. The number of amides is 2. The van der Waals surface area contributed by atoms with Gasteiger partial charge in [-0.1, -0.05) is 0 Å². The molecule has 0 aromatic carbocycles. The lowest BCUT2D eigenvalue weighted by Crippen LogP contribution is -2.49. The molecule has 9 heteroatoms. The summed E-state index contributed by atoms with van der Waals surface area (Å²) in [5.74, 6) is 0.678. The maximum absolute atomic E-state index is 13.5. The molecule has 2 amide bonds. The van der Waals surface area contributed by atoms with E-state index >= 15 is 0 Å². The van der Waals surface area contributed by atoms with E-state index in [0.717, 1.165) is 83.0 Å². The number of allylic oxidation sites excluding steroid dienone is 2. The van der Waals surface area contributed by atoms with Gasteiger partial charge in [0.1, 0.15) is 6.17 Å². The minimum absolute atomic E-state index is 0.00479. The number of nitriles is 1. The van der Waals surface area contributed by atoms with Crippen molar-refractivity contribution in [3.8, 4) is 6.07 Å². The third-order valence-corrected chi connectivity index (χ3v) is 8.46. The molecular formula is C28H39N7O2. The number of nitrogens with zero attached hydrogens (tertiary/aromatic N) is 5. The van der Waals surface area contributed by atoms with Crippen LogP contribution in [0.2, 0.25) is 0 Å². The molecule has 4 heterocycles. The Hall–Kier alpha value is -3.12. The standard InChI is InChI=1S/C28H39N7O2/c1-20(36)31-23-11-16-34(17-12-23)28(37)26-24-6-2-3-7-25(24)35(32-26)18-10-21-8-14-33(15-9-21)27-22(19-29)5-4-13-30-27/h4-5,13,21,23,27,30H,2-3,6-12,14-18H2,1H3,(H,31,36). The first-order chi connectivity index (χ1) is 18.0.